The largest absolute Gasteiger partial charge is 0.466 e. The highest BCUT2D eigenvalue weighted by Crippen LogP contribution is 2.11. The highest BCUT2D eigenvalue weighted by atomic mass is 16.5. The Labute approximate surface area is 110 Å². The molecule has 0 saturated carbocycles. The van der Waals surface area contributed by atoms with E-state index in [9.17, 15) is 4.79 Å². The van der Waals surface area contributed by atoms with Crippen LogP contribution < -0.4 is 9.80 Å². The summed E-state index contributed by atoms with van der Waals surface area (Å²) >= 11 is 0. The average Bonchev–Trinajstić information content (AvgIpc) is 2.40. The second kappa shape index (κ2) is 6.53. The van der Waals surface area contributed by atoms with Gasteiger partial charge >= 0.3 is 5.97 Å². The van der Waals surface area contributed by atoms with E-state index in [1.165, 1.54) is 38.9 Å². The number of quaternary nitrogens is 2. The molecule has 0 aromatic heterocycles. The van der Waals surface area contributed by atoms with Gasteiger partial charge in [0.1, 0.15) is 5.92 Å². The standard InChI is InChI=1S/C14H26N2O2/c1-3-18-14(17)12-5-4-8-16(11-12)13-6-9-15(2)10-7-13/h12-13H,3-11H2,1-2H3/p+2/t12-/m0/s1. The molecule has 4 nitrogen and oxygen atoms in total. The summed E-state index contributed by atoms with van der Waals surface area (Å²) in [4.78, 5) is 15.2. The zero-order valence-electron chi connectivity index (χ0n) is 11.8. The van der Waals surface area contributed by atoms with Gasteiger partial charge in [0.15, 0.2) is 0 Å². The van der Waals surface area contributed by atoms with E-state index in [0.29, 0.717) is 6.61 Å². The average molecular weight is 256 g/mol. The van der Waals surface area contributed by atoms with Gasteiger partial charge < -0.3 is 14.5 Å². The molecule has 0 aromatic carbocycles. The lowest BCUT2D eigenvalue weighted by Gasteiger charge is -2.37. The molecule has 4 heteroatoms. The van der Waals surface area contributed by atoms with Gasteiger partial charge in [-0.1, -0.05) is 0 Å². The van der Waals surface area contributed by atoms with Gasteiger partial charge in [-0.15, -0.1) is 0 Å². The van der Waals surface area contributed by atoms with Crippen molar-refractivity contribution < 1.29 is 19.3 Å². The third-order valence-electron chi connectivity index (χ3n) is 4.60. The molecular weight excluding hydrogens is 228 g/mol. The van der Waals surface area contributed by atoms with Crippen LogP contribution >= 0.6 is 0 Å². The Morgan fingerprint density at radius 1 is 1.22 bits per heavy atom. The predicted octanol–water partition coefficient (Wildman–Crippen LogP) is -1.48. The highest BCUT2D eigenvalue weighted by molar-refractivity contribution is 5.72. The van der Waals surface area contributed by atoms with E-state index in [1.807, 2.05) is 6.92 Å². The quantitative estimate of drug-likeness (QED) is 0.604. The third-order valence-corrected chi connectivity index (χ3v) is 4.60. The number of esters is 1. The maximum atomic E-state index is 11.8. The van der Waals surface area contributed by atoms with Gasteiger partial charge in [0.25, 0.3) is 0 Å². The van der Waals surface area contributed by atoms with Crippen LogP contribution in [0.15, 0.2) is 0 Å². The number of nitrogens with one attached hydrogen (secondary N) is 2. The number of rotatable bonds is 3. The Kier molecular flexibility index (Phi) is 5.01. The molecule has 2 aliphatic rings. The summed E-state index contributed by atoms with van der Waals surface area (Å²) < 4.78 is 5.18. The summed E-state index contributed by atoms with van der Waals surface area (Å²) in [7, 11) is 2.28. The zero-order chi connectivity index (χ0) is 13.0. The molecule has 0 bridgehead atoms. The summed E-state index contributed by atoms with van der Waals surface area (Å²) in [5, 5.41) is 0. The van der Waals surface area contributed by atoms with Gasteiger partial charge in [0, 0.05) is 12.8 Å². The molecule has 0 amide bonds. The minimum absolute atomic E-state index is 0.0354. The van der Waals surface area contributed by atoms with Crippen LogP contribution in [-0.4, -0.2) is 51.8 Å². The van der Waals surface area contributed by atoms with E-state index in [2.05, 4.69) is 7.05 Å². The van der Waals surface area contributed by atoms with Crippen molar-refractivity contribution in [3.05, 3.63) is 0 Å². The Morgan fingerprint density at radius 3 is 2.61 bits per heavy atom. The number of likely N-dealkylation sites (tertiary alicyclic amines) is 2. The molecular formula is C14H28N2O2+2. The Balaban J connectivity index is 1.84. The minimum Gasteiger partial charge on any atom is -0.466 e. The molecule has 0 spiro atoms. The second-order valence-electron chi connectivity index (χ2n) is 5.93. The number of hydrogen-bond acceptors (Lipinski definition) is 2. The van der Waals surface area contributed by atoms with Crippen LogP contribution in [0.1, 0.15) is 32.6 Å². The van der Waals surface area contributed by atoms with Crippen LogP contribution in [0, 0.1) is 5.92 Å². The van der Waals surface area contributed by atoms with Crippen molar-refractivity contribution in [1.82, 2.24) is 0 Å². The molecule has 2 fully saturated rings. The summed E-state index contributed by atoms with van der Waals surface area (Å²) in [5.41, 5.74) is 0. The van der Waals surface area contributed by atoms with E-state index >= 15 is 0 Å². The van der Waals surface area contributed by atoms with E-state index in [0.717, 1.165) is 19.0 Å². The molecule has 2 rings (SSSR count). The van der Waals surface area contributed by atoms with E-state index in [4.69, 9.17) is 4.74 Å². The van der Waals surface area contributed by atoms with Gasteiger partial charge in [-0.3, -0.25) is 4.79 Å². The van der Waals surface area contributed by atoms with Crippen molar-refractivity contribution in [3.63, 3.8) is 0 Å². The smallest absolute Gasteiger partial charge is 0.314 e. The summed E-state index contributed by atoms with van der Waals surface area (Å²) in [6, 6.07) is 0.783. The van der Waals surface area contributed by atoms with Crippen LogP contribution in [-0.2, 0) is 9.53 Å². The summed E-state index contributed by atoms with van der Waals surface area (Å²) in [6.45, 7) is 7.24. The van der Waals surface area contributed by atoms with Gasteiger partial charge in [-0.05, 0) is 19.8 Å². The van der Waals surface area contributed by atoms with Gasteiger partial charge in [-0.25, -0.2) is 0 Å². The fourth-order valence-electron chi connectivity index (χ4n) is 3.45. The van der Waals surface area contributed by atoms with Crippen molar-refractivity contribution in [2.75, 3.05) is 39.8 Å². The Morgan fingerprint density at radius 2 is 1.94 bits per heavy atom. The molecule has 2 aliphatic heterocycles. The normalized spacial score (nSPS) is 37.2. The monoisotopic (exact) mass is 256 g/mol. The van der Waals surface area contributed by atoms with Gasteiger partial charge in [0.05, 0.1) is 45.9 Å². The van der Waals surface area contributed by atoms with E-state index < -0.39 is 0 Å². The van der Waals surface area contributed by atoms with Crippen molar-refractivity contribution in [1.29, 1.82) is 0 Å². The Bertz CT molecular complexity index is 275. The van der Waals surface area contributed by atoms with Crippen LogP contribution in [0.5, 0.6) is 0 Å². The SMILES string of the molecule is CCOC(=O)[C@H]1CCC[NH+](C2CC[NH+](C)CC2)C1. The number of carbonyl (C=O) groups excluding carboxylic acids is 1. The van der Waals surface area contributed by atoms with Crippen molar-refractivity contribution in [2.24, 2.45) is 5.92 Å². The number of ether oxygens (including phenoxy) is 1. The molecule has 0 radical (unpaired) electrons. The summed E-state index contributed by atoms with van der Waals surface area (Å²) in [6.07, 6.45) is 4.84. The number of carbonyl (C=O) groups is 1. The molecule has 18 heavy (non-hydrogen) atoms. The number of piperidine rings is 2. The van der Waals surface area contributed by atoms with Gasteiger partial charge in [-0.2, -0.15) is 0 Å². The lowest BCUT2D eigenvalue weighted by atomic mass is 9.94. The fourth-order valence-corrected chi connectivity index (χ4v) is 3.45. The fraction of sp³-hybridized carbons (Fsp3) is 0.929. The van der Waals surface area contributed by atoms with Gasteiger partial charge in [0.2, 0.25) is 0 Å². The first-order valence-electron chi connectivity index (χ1n) is 7.53. The second-order valence-corrected chi connectivity index (χ2v) is 5.93. The lowest BCUT2D eigenvalue weighted by Crippen LogP contribution is -3.20. The maximum absolute atomic E-state index is 11.8. The Hall–Kier alpha value is -0.610. The zero-order valence-corrected chi connectivity index (χ0v) is 11.8. The first-order valence-corrected chi connectivity index (χ1v) is 7.53. The van der Waals surface area contributed by atoms with Crippen LogP contribution in [0.3, 0.4) is 0 Å². The first-order chi connectivity index (χ1) is 8.70. The molecule has 1 unspecified atom stereocenters. The molecule has 2 N–H and O–H groups in total. The van der Waals surface area contributed by atoms with Crippen LogP contribution in [0.25, 0.3) is 0 Å². The summed E-state index contributed by atoms with van der Waals surface area (Å²) in [5.74, 6) is 0.189. The molecule has 0 aromatic rings. The molecule has 2 saturated heterocycles. The van der Waals surface area contributed by atoms with Crippen LogP contribution in [0.4, 0.5) is 0 Å². The maximum Gasteiger partial charge on any atom is 0.314 e. The van der Waals surface area contributed by atoms with Crippen molar-refractivity contribution in [3.8, 4) is 0 Å². The number of hydrogen-bond donors (Lipinski definition) is 2. The van der Waals surface area contributed by atoms with E-state index in [-0.39, 0.29) is 11.9 Å². The highest BCUT2D eigenvalue weighted by Gasteiger charge is 2.35. The van der Waals surface area contributed by atoms with Crippen molar-refractivity contribution in [2.45, 2.75) is 38.6 Å². The molecule has 2 heterocycles. The minimum atomic E-state index is 0.0354. The third kappa shape index (κ3) is 3.45. The first kappa shape index (κ1) is 13.8. The predicted molar refractivity (Wildman–Crippen MR) is 69.7 cm³/mol. The van der Waals surface area contributed by atoms with E-state index in [1.54, 1.807) is 9.80 Å². The lowest BCUT2D eigenvalue weighted by molar-refractivity contribution is -0.956. The van der Waals surface area contributed by atoms with Crippen molar-refractivity contribution >= 4 is 5.97 Å². The van der Waals surface area contributed by atoms with Crippen LogP contribution in [0.2, 0.25) is 0 Å². The topological polar surface area (TPSA) is 35.2 Å². The molecule has 104 valence electrons. The molecule has 2 atom stereocenters. The molecule has 0 aliphatic carbocycles.